The molecule has 0 spiro atoms. The molecule has 0 aromatic heterocycles. The fourth-order valence-electron chi connectivity index (χ4n) is 4.21. The monoisotopic (exact) mass is 395 g/mol. The maximum atomic E-state index is 13.0. The van der Waals surface area contributed by atoms with E-state index in [4.69, 9.17) is 4.74 Å². The van der Waals surface area contributed by atoms with Crippen molar-refractivity contribution in [3.8, 4) is 0 Å². The Balaban J connectivity index is 1.55. The molecule has 6 heteroatoms. The van der Waals surface area contributed by atoms with Crippen LogP contribution in [-0.4, -0.2) is 29.1 Å². The van der Waals surface area contributed by atoms with Gasteiger partial charge in [-0.05, 0) is 44.0 Å². The highest BCUT2D eigenvalue weighted by Crippen LogP contribution is 2.56. The Morgan fingerprint density at radius 1 is 1.14 bits per heavy atom. The Bertz CT molecular complexity index is 992. The fourth-order valence-corrected chi connectivity index (χ4v) is 5.62. The Morgan fingerprint density at radius 3 is 2.54 bits per heavy atom. The fraction of sp³-hybridized carbons (Fsp3) is 0.318. The van der Waals surface area contributed by atoms with Crippen LogP contribution in [-0.2, 0) is 14.3 Å². The number of para-hydroxylation sites is 1. The summed E-state index contributed by atoms with van der Waals surface area (Å²) in [6.07, 6.45) is 0.668. The van der Waals surface area contributed by atoms with Gasteiger partial charge in [0.25, 0.3) is 0 Å². The van der Waals surface area contributed by atoms with Crippen LogP contribution in [0.1, 0.15) is 39.9 Å². The van der Waals surface area contributed by atoms with Gasteiger partial charge in [-0.2, -0.15) is 0 Å². The van der Waals surface area contributed by atoms with Gasteiger partial charge >= 0.3 is 5.97 Å². The molecule has 0 radical (unpaired) electrons. The molecule has 28 heavy (non-hydrogen) atoms. The number of fused-ring (bicyclic) bond motifs is 3. The van der Waals surface area contributed by atoms with Crippen LogP contribution >= 0.6 is 11.8 Å². The molecular weight excluding hydrogens is 374 g/mol. The summed E-state index contributed by atoms with van der Waals surface area (Å²) >= 11 is 1.34. The normalized spacial score (nSPS) is 20.1. The minimum Gasteiger partial charge on any atom is -0.455 e. The molecule has 0 N–H and O–H groups in total. The topological polar surface area (TPSA) is 63.7 Å². The summed E-state index contributed by atoms with van der Waals surface area (Å²) in [6, 6.07) is 11.3. The van der Waals surface area contributed by atoms with Crippen LogP contribution in [0.15, 0.2) is 41.3 Å². The van der Waals surface area contributed by atoms with Crippen LogP contribution in [0.4, 0.5) is 5.69 Å². The number of anilines is 1. The van der Waals surface area contributed by atoms with E-state index in [9.17, 15) is 14.4 Å². The molecule has 2 aromatic rings. The molecule has 0 saturated carbocycles. The van der Waals surface area contributed by atoms with Gasteiger partial charge in [0.2, 0.25) is 11.7 Å². The van der Waals surface area contributed by atoms with E-state index in [0.717, 1.165) is 27.3 Å². The summed E-state index contributed by atoms with van der Waals surface area (Å²) in [7, 11) is 0. The van der Waals surface area contributed by atoms with Gasteiger partial charge in [0.15, 0.2) is 11.5 Å². The van der Waals surface area contributed by atoms with Crippen LogP contribution in [0.2, 0.25) is 0 Å². The Morgan fingerprint density at radius 2 is 1.82 bits per heavy atom. The molecule has 1 fully saturated rings. The van der Waals surface area contributed by atoms with Crippen molar-refractivity contribution in [2.45, 2.75) is 43.4 Å². The average Bonchev–Trinajstić information content (AvgIpc) is 3.14. The number of thioether (sulfide) groups is 1. The summed E-state index contributed by atoms with van der Waals surface area (Å²) in [5, 5.41) is 0. The first-order valence-corrected chi connectivity index (χ1v) is 10.0. The zero-order valence-electron chi connectivity index (χ0n) is 16.1. The largest absolute Gasteiger partial charge is 0.455 e. The number of esters is 1. The van der Waals surface area contributed by atoms with E-state index in [1.54, 1.807) is 4.90 Å². The molecule has 0 bridgehead atoms. The van der Waals surface area contributed by atoms with E-state index in [-0.39, 0.29) is 18.3 Å². The van der Waals surface area contributed by atoms with Gasteiger partial charge in [-0.15, -0.1) is 0 Å². The second-order valence-corrected chi connectivity index (χ2v) is 8.68. The zero-order chi connectivity index (χ0) is 20.1. The number of nitrogens with zero attached hydrogens (tertiary/aromatic N) is 1. The molecule has 2 aromatic carbocycles. The zero-order valence-corrected chi connectivity index (χ0v) is 16.9. The number of benzene rings is 2. The highest BCUT2D eigenvalue weighted by Gasteiger charge is 2.58. The predicted octanol–water partition coefficient (Wildman–Crippen LogP) is 3.97. The summed E-state index contributed by atoms with van der Waals surface area (Å²) in [4.78, 5) is 39.5. The minimum atomic E-state index is -1.10. The molecular formula is C22H21NO4S. The smallest absolute Gasteiger partial charge is 0.343 e. The number of hydrogen-bond donors (Lipinski definition) is 0. The number of hydrogen-bond acceptors (Lipinski definition) is 5. The lowest BCUT2D eigenvalue weighted by Crippen LogP contribution is -2.48. The van der Waals surface area contributed by atoms with E-state index >= 15 is 0 Å². The van der Waals surface area contributed by atoms with Crippen LogP contribution in [0, 0.1) is 20.8 Å². The molecule has 0 aliphatic carbocycles. The average molecular weight is 395 g/mol. The van der Waals surface area contributed by atoms with Crippen molar-refractivity contribution in [3.63, 3.8) is 0 Å². The third-order valence-corrected chi connectivity index (χ3v) is 6.74. The summed E-state index contributed by atoms with van der Waals surface area (Å²) in [5.41, 5.74) is 4.16. The molecule has 0 unspecified atom stereocenters. The first-order valence-electron chi connectivity index (χ1n) is 9.23. The van der Waals surface area contributed by atoms with Crippen molar-refractivity contribution in [1.29, 1.82) is 0 Å². The minimum absolute atomic E-state index is 0.0917. The van der Waals surface area contributed by atoms with Crippen molar-refractivity contribution in [3.05, 3.63) is 58.7 Å². The van der Waals surface area contributed by atoms with Crippen LogP contribution in [0.3, 0.4) is 0 Å². The standard InChI is InChI=1S/C22H21NO4S/c1-13-10-14(2)20(15(3)11-13)17(24)12-27-21(26)22-9-8-19(25)23(22)16-6-4-5-7-18(16)28-22/h4-7,10-11H,8-9,12H2,1-3H3/t22-/m1/s1. The van der Waals surface area contributed by atoms with Gasteiger partial charge < -0.3 is 4.74 Å². The van der Waals surface area contributed by atoms with Crippen LogP contribution in [0.25, 0.3) is 0 Å². The molecule has 2 heterocycles. The number of ketones is 1. The molecule has 1 atom stereocenters. The lowest BCUT2D eigenvalue weighted by Gasteiger charge is -2.28. The maximum absolute atomic E-state index is 13.0. The third-order valence-electron chi connectivity index (χ3n) is 5.28. The lowest BCUT2D eigenvalue weighted by atomic mass is 9.97. The molecule has 2 aliphatic heterocycles. The summed E-state index contributed by atoms with van der Waals surface area (Å²) < 4.78 is 5.46. The number of carbonyl (C=O) groups is 3. The van der Waals surface area contributed by atoms with Gasteiger partial charge in [0.1, 0.15) is 0 Å². The Kier molecular flexibility index (Phi) is 4.54. The van der Waals surface area contributed by atoms with Crippen LogP contribution < -0.4 is 4.90 Å². The molecule has 2 aliphatic rings. The second-order valence-electron chi connectivity index (χ2n) is 7.36. The molecule has 4 rings (SSSR count). The molecule has 1 saturated heterocycles. The predicted molar refractivity (Wildman–Crippen MR) is 108 cm³/mol. The Labute approximate surface area is 168 Å². The van der Waals surface area contributed by atoms with Gasteiger partial charge in [0.05, 0.1) is 5.69 Å². The number of carbonyl (C=O) groups excluding carboxylic acids is 3. The number of rotatable bonds is 4. The van der Waals surface area contributed by atoms with E-state index < -0.39 is 10.8 Å². The van der Waals surface area contributed by atoms with Crippen molar-refractivity contribution < 1.29 is 19.1 Å². The van der Waals surface area contributed by atoms with E-state index in [0.29, 0.717) is 18.4 Å². The first kappa shape index (κ1) is 18.7. The van der Waals surface area contributed by atoms with E-state index in [1.807, 2.05) is 57.2 Å². The third kappa shape index (κ3) is 2.83. The molecule has 144 valence electrons. The summed E-state index contributed by atoms with van der Waals surface area (Å²) in [5.74, 6) is -0.850. The highest BCUT2D eigenvalue weighted by atomic mass is 32.2. The molecule has 1 amide bonds. The Hall–Kier alpha value is -2.60. The number of Topliss-reactive ketones (excluding diaryl/α,β-unsaturated/α-hetero) is 1. The van der Waals surface area contributed by atoms with E-state index in [2.05, 4.69) is 0 Å². The highest BCUT2D eigenvalue weighted by molar-refractivity contribution is 8.02. The number of aryl methyl sites for hydroxylation is 3. The van der Waals surface area contributed by atoms with Crippen molar-refractivity contribution >= 4 is 35.1 Å². The maximum Gasteiger partial charge on any atom is 0.343 e. The van der Waals surface area contributed by atoms with Crippen molar-refractivity contribution in [1.82, 2.24) is 0 Å². The van der Waals surface area contributed by atoms with Crippen LogP contribution in [0.5, 0.6) is 0 Å². The number of ether oxygens (including phenoxy) is 1. The van der Waals surface area contributed by atoms with Crippen molar-refractivity contribution in [2.75, 3.05) is 11.5 Å². The van der Waals surface area contributed by atoms with E-state index in [1.165, 1.54) is 11.8 Å². The number of amides is 1. The first-order chi connectivity index (χ1) is 13.3. The summed E-state index contributed by atoms with van der Waals surface area (Å²) in [6.45, 7) is 5.42. The SMILES string of the molecule is Cc1cc(C)c(C(=O)COC(=O)[C@]23CCC(=O)N2c2ccccc2S3)c(C)c1. The van der Waals surface area contributed by atoms with Gasteiger partial charge in [-0.1, -0.05) is 41.6 Å². The van der Waals surface area contributed by atoms with Gasteiger partial charge in [0, 0.05) is 23.3 Å². The second kappa shape index (κ2) is 6.78. The van der Waals surface area contributed by atoms with Gasteiger partial charge in [-0.3, -0.25) is 14.5 Å². The van der Waals surface area contributed by atoms with Crippen molar-refractivity contribution in [2.24, 2.45) is 0 Å². The quantitative estimate of drug-likeness (QED) is 0.579. The lowest BCUT2D eigenvalue weighted by molar-refractivity contribution is -0.145. The molecule has 5 nitrogen and oxygen atoms in total. The van der Waals surface area contributed by atoms with Gasteiger partial charge in [-0.25, -0.2) is 4.79 Å².